The lowest BCUT2D eigenvalue weighted by Gasteiger charge is -1.89. The predicted molar refractivity (Wildman–Crippen MR) is 76.0 cm³/mol. The summed E-state index contributed by atoms with van der Waals surface area (Å²) in [6.45, 7) is 0.699. The highest BCUT2D eigenvalue weighted by atomic mass is 79.9. The number of hydrogen-bond acceptors (Lipinski definition) is 5. The summed E-state index contributed by atoms with van der Waals surface area (Å²) >= 11 is 10.2. The molecule has 86 valence electrons. The Morgan fingerprint density at radius 3 is 2.69 bits per heavy atom. The van der Waals surface area contributed by atoms with Crippen LogP contribution in [0.25, 0.3) is 9.88 Å². The van der Waals surface area contributed by atoms with Crippen molar-refractivity contribution in [2.45, 2.75) is 12.8 Å². The van der Waals surface area contributed by atoms with Crippen LogP contribution in [0.15, 0.2) is 14.3 Å². The minimum atomic E-state index is 0.699. The van der Waals surface area contributed by atoms with Gasteiger partial charge in [-0.2, -0.15) is 0 Å². The van der Waals surface area contributed by atoms with Crippen molar-refractivity contribution in [3.8, 4) is 9.88 Å². The van der Waals surface area contributed by atoms with Crippen LogP contribution in [0.5, 0.6) is 0 Å². The van der Waals surface area contributed by atoms with Crippen LogP contribution in [0.2, 0.25) is 0 Å². The second kappa shape index (κ2) is 5.68. The fourth-order valence-electron chi connectivity index (χ4n) is 1.16. The van der Waals surface area contributed by atoms with Gasteiger partial charge in [-0.15, -0.1) is 21.5 Å². The van der Waals surface area contributed by atoms with Crippen molar-refractivity contribution in [2.75, 3.05) is 6.54 Å². The molecule has 2 N–H and O–H groups in total. The van der Waals surface area contributed by atoms with Gasteiger partial charge >= 0.3 is 0 Å². The summed E-state index contributed by atoms with van der Waals surface area (Å²) in [5, 5.41) is 10.4. The molecule has 2 aromatic heterocycles. The molecule has 0 radical (unpaired) electrons. The fourth-order valence-corrected chi connectivity index (χ4v) is 4.12. The van der Waals surface area contributed by atoms with Crippen molar-refractivity contribution >= 4 is 54.5 Å². The predicted octanol–water partition coefficient (Wildman–Crippen LogP) is 3.68. The maximum absolute atomic E-state index is 5.46. The molecule has 0 unspecified atom stereocenters. The molecule has 2 rings (SSSR count). The van der Waals surface area contributed by atoms with Crippen molar-refractivity contribution in [1.82, 2.24) is 10.2 Å². The number of nitrogens with two attached hydrogens (primary N) is 1. The summed E-state index contributed by atoms with van der Waals surface area (Å²) in [6, 6.07) is 2.06. The van der Waals surface area contributed by atoms with Gasteiger partial charge in [-0.05, 0) is 50.9 Å². The summed E-state index contributed by atoms with van der Waals surface area (Å²) in [4.78, 5) is 1.13. The second-order valence-corrected chi connectivity index (χ2v) is 7.41. The van der Waals surface area contributed by atoms with Crippen molar-refractivity contribution in [3.05, 3.63) is 19.3 Å². The highest BCUT2D eigenvalue weighted by Gasteiger charge is 2.11. The Labute approximate surface area is 118 Å². The highest BCUT2D eigenvalue weighted by Crippen LogP contribution is 2.39. The molecule has 0 aliphatic heterocycles. The average Bonchev–Trinajstić information content (AvgIpc) is 2.84. The molecule has 2 aromatic rings. The van der Waals surface area contributed by atoms with Gasteiger partial charge in [0.15, 0.2) is 5.01 Å². The third kappa shape index (κ3) is 2.89. The van der Waals surface area contributed by atoms with Crippen molar-refractivity contribution < 1.29 is 0 Å². The Morgan fingerprint density at radius 2 is 2.06 bits per heavy atom. The van der Waals surface area contributed by atoms with Crippen LogP contribution in [0.4, 0.5) is 0 Å². The Kier molecular flexibility index (Phi) is 4.48. The molecule has 0 amide bonds. The SMILES string of the molecule is NCCCc1nnc(-c2cc(Br)c(Br)s2)s1. The van der Waals surface area contributed by atoms with Crippen LogP contribution in [0.3, 0.4) is 0 Å². The maximum atomic E-state index is 5.46. The average molecular weight is 383 g/mol. The summed E-state index contributed by atoms with van der Waals surface area (Å²) < 4.78 is 2.15. The molecular weight excluding hydrogens is 374 g/mol. The topological polar surface area (TPSA) is 51.8 Å². The van der Waals surface area contributed by atoms with E-state index >= 15 is 0 Å². The molecule has 0 aliphatic carbocycles. The molecule has 0 atom stereocenters. The normalized spacial score (nSPS) is 10.9. The molecule has 0 bridgehead atoms. The number of aromatic nitrogens is 2. The van der Waals surface area contributed by atoms with Crippen LogP contribution in [-0.2, 0) is 6.42 Å². The molecule has 3 nitrogen and oxygen atoms in total. The first-order valence-corrected chi connectivity index (χ1v) is 7.90. The van der Waals surface area contributed by atoms with E-state index in [0.717, 1.165) is 36.0 Å². The first kappa shape index (κ1) is 12.6. The Balaban J connectivity index is 2.18. The van der Waals surface area contributed by atoms with Crippen molar-refractivity contribution in [3.63, 3.8) is 0 Å². The van der Waals surface area contributed by atoms with E-state index in [2.05, 4.69) is 48.1 Å². The van der Waals surface area contributed by atoms with Gasteiger partial charge in [0.1, 0.15) is 5.01 Å². The number of rotatable bonds is 4. The van der Waals surface area contributed by atoms with Gasteiger partial charge in [-0.25, -0.2) is 0 Å². The molecule has 7 heteroatoms. The summed E-state index contributed by atoms with van der Waals surface area (Å²) in [5.74, 6) is 0. The van der Waals surface area contributed by atoms with Gasteiger partial charge in [0, 0.05) is 10.9 Å². The smallest absolute Gasteiger partial charge is 0.157 e. The molecule has 0 aliphatic rings. The van der Waals surface area contributed by atoms with E-state index in [0.29, 0.717) is 6.54 Å². The van der Waals surface area contributed by atoms with Crippen LogP contribution in [0, 0.1) is 0 Å². The van der Waals surface area contributed by atoms with Crippen LogP contribution in [-0.4, -0.2) is 16.7 Å². The molecule has 0 saturated carbocycles. The zero-order valence-electron chi connectivity index (χ0n) is 8.24. The lowest BCUT2D eigenvalue weighted by Crippen LogP contribution is -1.99. The van der Waals surface area contributed by atoms with Gasteiger partial charge in [-0.1, -0.05) is 11.3 Å². The molecule has 0 spiro atoms. The molecule has 0 fully saturated rings. The van der Waals surface area contributed by atoms with E-state index < -0.39 is 0 Å². The summed E-state index contributed by atoms with van der Waals surface area (Å²) in [5.41, 5.74) is 5.46. The van der Waals surface area contributed by atoms with Crippen LogP contribution >= 0.6 is 54.5 Å². The number of halogens is 2. The van der Waals surface area contributed by atoms with E-state index in [9.17, 15) is 0 Å². The Hall–Kier alpha value is 0.180. The maximum Gasteiger partial charge on any atom is 0.157 e. The van der Waals surface area contributed by atoms with Gasteiger partial charge in [-0.3, -0.25) is 0 Å². The van der Waals surface area contributed by atoms with E-state index in [-0.39, 0.29) is 0 Å². The zero-order chi connectivity index (χ0) is 11.5. The number of nitrogens with zero attached hydrogens (tertiary/aromatic N) is 2. The fraction of sp³-hybridized carbons (Fsp3) is 0.333. The van der Waals surface area contributed by atoms with E-state index in [1.165, 1.54) is 0 Å². The molecule has 16 heavy (non-hydrogen) atoms. The first-order chi connectivity index (χ1) is 7.70. The third-order valence-corrected chi connectivity index (χ3v) is 6.33. The van der Waals surface area contributed by atoms with E-state index in [4.69, 9.17) is 5.73 Å². The second-order valence-electron chi connectivity index (χ2n) is 3.13. The summed E-state index contributed by atoms with van der Waals surface area (Å²) in [6.07, 6.45) is 1.88. The first-order valence-electron chi connectivity index (χ1n) is 4.68. The van der Waals surface area contributed by atoms with Crippen LogP contribution in [0.1, 0.15) is 11.4 Å². The van der Waals surface area contributed by atoms with Crippen molar-refractivity contribution in [1.29, 1.82) is 0 Å². The Bertz CT molecular complexity index is 461. The largest absolute Gasteiger partial charge is 0.330 e. The number of hydrogen-bond donors (Lipinski definition) is 1. The van der Waals surface area contributed by atoms with Gasteiger partial charge in [0.25, 0.3) is 0 Å². The standard InChI is InChI=1S/C9H9Br2N3S2/c10-5-4-6(15-8(5)11)9-14-13-7(16-9)2-1-3-12/h4H,1-3,12H2. The number of aryl methyl sites for hydroxylation is 1. The van der Waals surface area contributed by atoms with Crippen molar-refractivity contribution in [2.24, 2.45) is 5.73 Å². The molecular formula is C9H9Br2N3S2. The number of thiophene rings is 1. The van der Waals surface area contributed by atoms with Gasteiger partial charge in [0.05, 0.1) is 8.66 Å². The van der Waals surface area contributed by atoms with E-state index in [1.54, 1.807) is 22.7 Å². The van der Waals surface area contributed by atoms with E-state index in [1.807, 2.05) is 0 Å². The Morgan fingerprint density at radius 1 is 1.25 bits per heavy atom. The molecule has 0 aromatic carbocycles. The molecule has 2 heterocycles. The monoisotopic (exact) mass is 381 g/mol. The minimum Gasteiger partial charge on any atom is -0.330 e. The van der Waals surface area contributed by atoms with Gasteiger partial charge < -0.3 is 5.73 Å². The lowest BCUT2D eigenvalue weighted by molar-refractivity contribution is 0.812. The lowest BCUT2D eigenvalue weighted by atomic mass is 10.3. The minimum absolute atomic E-state index is 0.699. The molecule has 0 saturated heterocycles. The zero-order valence-corrected chi connectivity index (χ0v) is 13.0. The van der Waals surface area contributed by atoms with Crippen LogP contribution < -0.4 is 5.73 Å². The quantitative estimate of drug-likeness (QED) is 0.877. The highest BCUT2D eigenvalue weighted by molar-refractivity contribution is 9.13. The third-order valence-electron chi connectivity index (χ3n) is 1.92. The van der Waals surface area contributed by atoms with Gasteiger partial charge in [0.2, 0.25) is 0 Å². The summed E-state index contributed by atoms with van der Waals surface area (Å²) in [7, 11) is 0.